The average molecular weight is 501 g/mol. The average Bonchev–Trinajstić information content (AvgIpc) is 2.94. The fraction of sp³-hybridized carbons (Fsp3) is 0.441. The highest BCUT2D eigenvalue weighted by Crippen LogP contribution is 2.33. The van der Waals surface area contributed by atoms with E-state index in [-0.39, 0.29) is 12.1 Å². The van der Waals surface area contributed by atoms with Crippen LogP contribution in [0.4, 0.5) is 0 Å². The summed E-state index contributed by atoms with van der Waals surface area (Å²) >= 11 is 0. The van der Waals surface area contributed by atoms with Crippen molar-refractivity contribution in [3.05, 3.63) is 89.5 Å². The van der Waals surface area contributed by atoms with E-state index in [1.165, 1.54) is 31.2 Å². The zero-order chi connectivity index (χ0) is 26.5. The third-order valence-corrected chi connectivity index (χ3v) is 7.14. The Morgan fingerprint density at radius 2 is 1.41 bits per heavy atom. The predicted octanol–water partition coefficient (Wildman–Crippen LogP) is 9.91. The Hall–Kier alpha value is -2.91. The Balaban J connectivity index is 1.59. The van der Waals surface area contributed by atoms with Crippen LogP contribution in [-0.2, 0) is 4.74 Å². The largest absolute Gasteiger partial charge is 0.423 e. The predicted molar refractivity (Wildman–Crippen MR) is 154 cm³/mol. The molecule has 0 saturated carbocycles. The Bertz CT molecular complexity index is 1070. The molecule has 3 aromatic carbocycles. The maximum Gasteiger partial charge on any atom is 0.343 e. The lowest BCUT2D eigenvalue weighted by Crippen LogP contribution is -2.11. The molecule has 3 rings (SSSR count). The number of rotatable bonds is 15. The van der Waals surface area contributed by atoms with Crippen LogP contribution in [0.3, 0.4) is 0 Å². The van der Waals surface area contributed by atoms with Gasteiger partial charge in [-0.25, -0.2) is 4.79 Å². The van der Waals surface area contributed by atoms with Crippen molar-refractivity contribution in [2.45, 2.75) is 91.1 Å². The van der Waals surface area contributed by atoms with Crippen molar-refractivity contribution in [1.82, 2.24) is 0 Å². The lowest BCUT2D eigenvalue weighted by atomic mass is 9.91. The Morgan fingerprint density at radius 1 is 0.757 bits per heavy atom. The van der Waals surface area contributed by atoms with Crippen LogP contribution >= 0.6 is 0 Å². The second-order valence-electron chi connectivity index (χ2n) is 9.95. The zero-order valence-electron chi connectivity index (χ0n) is 23.2. The number of unbranched alkanes of at least 4 members (excludes halogenated alkanes) is 4. The van der Waals surface area contributed by atoms with E-state index in [0.29, 0.717) is 17.2 Å². The first-order valence-electron chi connectivity index (χ1n) is 14.2. The molecule has 0 spiro atoms. The quantitative estimate of drug-likeness (QED) is 0.118. The van der Waals surface area contributed by atoms with Gasteiger partial charge < -0.3 is 9.47 Å². The van der Waals surface area contributed by atoms with Gasteiger partial charge in [0, 0.05) is 6.61 Å². The van der Waals surface area contributed by atoms with Crippen LogP contribution in [0, 0.1) is 0 Å². The molecule has 0 amide bonds. The SMILES string of the molecule is CCCCCCCOC(C)c1ccc(-c2ccc(C(=O)Oc3ccccc3C(CC)CCC)cc2)cc1. The van der Waals surface area contributed by atoms with Gasteiger partial charge in [0.15, 0.2) is 0 Å². The van der Waals surface area contributed by atoms with Gasteiger partial charge in [0.2, 0.25) is 0 Å². The minimum absolute atomic E-state index is 0.0879. The minimum atomic E-state index is -0.318. The molecule has 0 N–H and O–H groups in total. The third kappa shape index (κ3) is 8.57. The summed E-state index contributed by atoms with van der Waals surface area (Å²) in [6, 6.07) is 24.1. The summed E-state index contributed by atoms with van der Waals surface area (Å²) in [5.74, 6) is 0.754. The smallest absolute Gasteiger partial charge is 0.343 e. The van der Waals surface area contributed by atoms with E-state index in [9.17, 15) is 4.79 Å². The van der Waals surface area contributed by atoms with Crippen LogP contribution in [0.15, 0.2) is 72.8 Å². The molecular formula is C34H44O3. The lowest BCUT2D eigenvalue weighted by Gasteiger charge is -2.18. The number of esters is 1. The Labute approximate surface area is 224 Å². The number of ether oxygens (including phenoxy) is 2. The minimum Gasteiger partial charge on any atom is -0.423 e. The van der Waals surface area contributed by atoms with Crippen molar-refractivity contribution < 1.29 is 14.3 Å². The second kappa shape index (κ2) is 15.4. The van der Waals surface area contributed by atoms with Crippen LogP contribution < -0.4 is 4.74 Å². The number of hydrogen-bond donors (Lipinski definition) is 0. The molecule has 3 heteroatoms. The maximum absolute atomic E-state index is 12.9. The summed E-state index contributed by atoms with van der Waals surface area (Å²) in [4.78, 5) is 12.9. The van der Waals surface area contributed by atoms with Crippen molar-refractivity contribution in [3.8, 4) is 16.9 Å². The number of para-hydroxylation sites is 1. The second-order valence-corrected chi connectivity index (χ2v) is 9.95. The molecule has 0 bridgehead atoms. The van der Waals surface area contributed by atoms with Gasteiger partial charge in [-0.1, -0.05) is 107 Å². The number of hydrogen-bond acceptors (Lipinski definition) is 3. The lowest BCUT2D eigenvalue weighted by molar-refractivity contribution is 0.0627. The first kappa shape index (κ1) is 28.7. The molecule has 0 aliphatic rings. The molecule has 3 nitrogen and oxygen atoms in total. The normalized spacial score (nSPS) is 12.8. The van der Waals surface area contributed by atoms with Gasteiger partial charge in [0.25, 0.3) is 0 Å². The first-order chi connectivity index (χ1) is 18.1. The number of carbonyl (C=O) groups excluding carboxylic acids is 1. The van der Waals surface area contributed by atoms with E-state index in [0.717, 1.165) is 49.0 Å². The van der Waals surface area contributed by atoms with Gasteiger partial charge in [-0.15, -0.1) is 0 Å². The summed E-state index contributed by atoms with van der Waals surface area (Å²) in [5, 5.41) is 0. The van der Waals surface area contributed by atoms with E-state index in [4.69, 9.17) is 9.47 Å². The topological polar surface area (TPSA) is 35.5 Å². The number of carbonyl (C=O) groups is 1. The highest BCUT2D eigenvalue weighted by Gasteiger charge is 2.17. The molecule has 3 aromatic rings. The fourth-order valence-electron chi connectivity index (χ4n) is 4.80. The van der Waals surface area contributed by atoms with Crippen molar-refractivity contribution in [2.24, 2.45) is 0 Å². The van der Waals surface area contributed by atoms with Gasteiger partial charge in [-0.2, -0.15) is 0 Å². The van der Waals surface area contributed by atoms with E-state index in [1.807, 2.05) is 42.5 Å². The van der Waals surface area contributed by atoms with Crippen molar-refractivity contribution in [2.75, 3.05) is 6.61 Å². The van der Waals surface area contributed by atoms with Gasteiger partial charge in [0.1, 0.15) is 5.75 Å². The van der Waals surface area contributed by atoms with E-state index in [2.05, 4.69) is 58.0 Å². The fourth-order valence-corrected chi connectivity index (χ4v) is 4.80. The molecule has 0 radical (unpaired) electrons. The summed E-state index contributed by atoms with van der Waals surface area (Å²) in [7, 11) is 0. The molecule has 0 aromatic heterocycles. The molecular weight excluding hydrogens is 456 g/mol. The third-order valence-electron chi connectivity index (χ3n) is 7.14. The molecule has 2 unspecified atom stereocenters. The Kier molecular flexibility index (Phi) is 11.9. The van der Waals surface area contributed by atoms with Crippen LogP contribution in [-0.4, -0.2) is 12.6 Å². The van der Waals surface area contributed by atoms with E-state index < -0.39 is 0 Å². The highest BCUT2D eigenvalue weighted by atomic mass is 16.5. The standard InChI is InChI=1S/C34H44O3/c1-5-8-9-10-13-25-36-26(4)28-17-19-29(20-18-28)30-21-23-31(24-22-30)34(35)37-33-16-12-11-15-32(33)27(7-3)14-6-2/h11-12,15-24,26-27H,5-10,13-14,25H2,1-4H3. The molecule has 0 heterocycles. The summed E-state index contributed by atoms with van der Waals surface area (Å²) in [5.41, 5.74) is 5.05. The molecule has 0 fully saturated rings. The molecule has 0 aliphatic carbocycles. The van der Waals surface area contributed by atoms with E-state index >= 15 is 0 Å². The number of benzene rings is 3. The Morgan fingerprint density at radius 3 is 2.05 bits per heavy atom. The molecule has 0 aliphatic heterocycles. The van der Waals surface area contributed by atoms with Gasteiger partial charge in [-0.05, 0) is 72.6 Å². The summed E-state index contributed by atoms with van der Waals surface area (Å²) < 4.78 is 11.9. The van der Waals surface area contributed by atoms with Crippen LogP contribution in [0.2, 0.25) is 0 Å². The van der Waals surface area contributed by atoms with Crippen molar-refractivity contribution in [3.63, 3.8) is 0 Å². The van der Waals surface area contributed by atoms with Crippen LogP contribution in [0.5, 0.6) is 5.75 Å². The molecule has 0 saturated heterocycles. The van der Waals surface area contributed by atoms with Gasteiger partial charge in [-0.3, -0.25) is 0 Å². The molecule has 198 valence electrons. The van der Waals surface area contributed by atoms with E-state index in [1.54, 1.807) is 0 Å². The van der Waals surface area contributed by atoms with Crippen LogP contribution in [0.1, 0.15) is 113 Å². The van der Waals surface area contributed by atoms with Crippen molar-refractivity contribution in [1.29, 1.82) is 0 Å². The highest BCUT2D eigenvalue weighted by molar-refractivity contribution is 5.91. The van der Waals surface area contributed by atoms with Crippen LogP contribution in [0.25, 0.3) is 11.1 Å². The van der Waals surface area contributed by atoms with Gasteiger partial charge >= 0.3 is 5.97 Å². The molecule has 37 heavy (non-hydrogen) atoms. The molecule has 2 atom stereocenters. The monoisotopic (exact) mass is 500 g/mol. The summed E-state index contributed by atoms with van der Waals surface area (Å²) in [6.45, 7) is 9.54. The van der Waals surface area contributed by atoms with Gasteiger partial charge in [0.05, 0.1) is 11.7 Å². The van der Waals surface area contributed by atoms with Crippen molar-refractivity contribution >= 4 is 5.97 Å². The zero-order valence-corrected chi connectivity index (χ0v) is 23.2. The first-order valence-corrected chi connectivity index (χ1v) is 14.2. The maximum atomic E-state index is 12.9. The summed E-state index contributed by atoms with van der Waals surface area (Å²) in [6.07, 6.45) is 9.55.